The second-order valence-corrected chi connectivity index (χ2v) is 1.91. The fourth-order valence-corrected chi connectivity index (χ4v) is 0.541. The lowest BCUT2D eigenvalue weighted by Gasteiger charge is -2.13. The number of nitrogens with two attached hydrogens (primary N) is 1. The summed E-state index contributed by atoms with van der Waals surface area (Å²) >= 11 is 4.01. The number of hydrogen-bond acceptors (Lipinski definition) is 4. The summed E-state index contributed by atoms with van der Waals surface area (Å²) in [5, 5.41) is 2.09. The van der Waals surface area contributed by atoms with Crippen LogP contribution >= 0.6 is 12.6 Å². The van der Waals surface area contributed by atoms with E-state index < -0.39 is 0 Å². The first-order chi connectivity index (χ1) is 4.22. The average molecular weight is 145 g/mol. The van der Waals surface area contributed by atoms with Gasteiger partial charge in [-0.2, -0.15) is 0 Å². The van der Waals surface area contributed by atoms with Crippen LogP contribution in [0.1, 0.15) is 6.92 Å². The minimum absolute atomic E-state index is 0.618. The van der Waals surface area contributed by atoms with Gasteiger partial charge in [-0.3, -0.25) is 4.99 Å². The van der Waals surface area contributed by atoms with Gasteiger partial charge >= 0.3 is 0 Å². The molecule has 0 spiro atoms. The van der Waals surface area contributed by atoms with Crippen molar-refractivity contribution in [1.29, 1.82) is 0 Å². The summed E-state index contributed by atoms with van der Waals surface area (Å²) < 4.78 is 0. The van der Waals surface area contributed by atoms with Gasteiger partial charge in [-0.1, -0.05) is 0 Å². The summed E-state index contributed by atoms with van der Waals surface area (Å²) in [4.78, 5) is 3.49. The maximum absolute atomic E-state index is 5.40. The molecule has 0 fully saturated rings. The van der Waals surface area contributed by atoms with Crippen molar-refractivity contribution in [2.75, 3.05) is 6.54 Å². The first-order valence-electron chi connectivity index (χ1n) is 2.59. The van der Waals surface area contributed by atoms with E-state index in [1.165, 1.54) is 11.2 Å². The molecule has 0 aliphatic rings. The molecule has 0 atom stereocenters. The minimum atomic E-state index is 0.618. The van der Waals surface area contributed by atoms with Gasteiger partial charge in [0.1, 0.15) is 5.03 Å². The Bertz CT molecular complexity index is 121. The predicted octanol–water partition coefficient (Wildman–Crippen LogP) is 0.611. The van der Waals surface area contributed by atoms with Crippen molar-refractivity contribution in [3.63, 3.8) is 0 Å². The zero-order valence-electron chi connectivity index (χ0n) is 5.41. The summed E-state index contributed by atoms with van der Waals surface area (Å²) in [6, 6.07) is 0. The van der Waals surface area contributed by atoms with Gasteiger partial charge < -0.3 is 5.01 Å². The zero-order valence-corrected chi connectivity index (χ0v) is 6.30. The Morgan fingerprint density at radius 1 is 2.00 bits per heavy atom. The second kappa shape index (κ2) is 4.40. The van der Waals surface area contributed by atoms with E-state index in [4.69, 9.17) is 5.84 Å². The molecule has 0 unspecified atom stereocenters. The number of thiol groups is 1. The van der Waals surface area contributed by atoms with E-state index in [9.17, 15) is 0 Å². The van der Waals surface area contributed by atoms with Crippen molar-refractivity contribution in [2.24, 2.45) is 10.8 Å². The summed E-state index contributed by atoms with van der Waals surface area (Å²) in [7, 11) is 0. The van der Waals surface area contributed by atoms with Gasteiger partial charge in [-0.15, -0.1) is 12.6 Å². The van der Waals surface area contributed by atoms with Crippen molar-refractivity contribution < 1.29 is 0 Å². The minimum Gasteiger partial charge on any atom is -0.304 e. The van der Waals surface area contributed by atoms with Gasteiger partial charge in [0.2, 0.25) is 0 Å². The van der Waals surface area contributed by atoms with Gasteiger partial charge in [0.25, 0.3) is 0 Å². The van der Waals surface area contributed by atoms with Crippen LogP contribution in [0.2, 0.25) is 0 Å². The van der Waals surface area contributed by atoms with Crippen LogP contribution in [0.3, 0.4) is 0 Å². The van der Waals surface area contributed by atoms with Gasteiger partial charge in [0, 0.05) is 6.54 Å². The number of hydrogen-bond donors (Lipinski definition) is 2. The molecule has 0 saturated carbocycles. The predicted molar refractivity (Wildman–Crippen MR) is 43.2 cm³/mol. The molecule has 0 amide bonds. The topological polar surface area (TPSA) is 41.6 Å². The van der Waals surface area contributed by atoms with Crippen LogP contribution < -0.4 is 5.84 Å². The highest BCUT2D eigenvalue weighted by Gasteiger charge is 1.93. The van der Waals surface area contributed by atoms with Crippen molar-refractivity contribution in [3.8, 4) is 0 Å². The van der Waals surface area contributed by atoms with Crippen molar-refractivity contribution in [1.82, 2.24) is 5.01 Å². The normalized spacial score (nSPS) is 11.2. The van der Waals surface area contributed by atoms with Crippen molar-refractivity contribution in [2.45, 2.75) is 6.92 Å². The van der Waals surface area contributed by atoms with Gasteiger partial charge in [-0.05, 0) is 13.6 Å². The Morgan fingerprint density at radius 3 is 2.89 bits per heavy atom. The highest BCUT2D eigenvalue weighted by atomic mass is 32.1. The van der Waals surface area contributed by atoms with Gasteiger partial charge in [0.15, 0.2) is 0 Å². The molecule has 0 heterocycles. The van der Waals surface area contributed by atoms with Crippen LogP contribution in [0, 0.1) is 0 Å². The first-order valence-corrected chi connectivity index (χ1v) is 3.04. The summed E-state index contributed by atoms with van der Waals surface area (Å²) in [5.41, 5.74) is 0. The zero-order chi connectivity index (χ0) is 7.28. The molecule has 0 aliphatic heterocycles. The van der Waals surface area contributed by atoms with Gasteiger partial charge in [-0.25, -0.2) is 5.84 Å². The molecule has 0 bridgehead atoms. The Labute approximate surface area is 60.6 Å². The molecular weight excluding hydrogens is 134 g/mol. The monoisotopic (exact) mass is 145 g/mol. The molecule has 4 heteroatoms. The third-order valence-corrected chi connectivity index (χ3v) is 1.21. The Kier molecular flexibility index (Phi) is 4.17. The van der Waals surface area contributed by atoms with E-state index in [0.29, 0.717) is 11.6 Å². The van der Waals surface area contributed by atoms with Crippen LogP contribution in [0.5, 0.6) is 0 Å². The molecule has 9 heavy (non-hydrogen) atoms. The first kappa shape index (κ1) is 8.52. The largest absolute Gasteiger partial charge is 0.304 e. The fourth-order valence-electron chi connectivity index (χ4n) is 0.318. The molecule has 0 aromatic heterocycles. The average Bonchev–Trinajstić information content (AvgIpc) is 1.87. The Hall–Kier alpha value is -0.480. The van der Waals surface area contributed by atoms with E-state index in [0.717, 1.165) is 0 Å². The smallest absolute Gasteiger partial charge is 0.100 e. The molecule has 0 aromatic rings. The summed E-state index contributed by atoms with van der Waals surface area (Å²) in [6.45, 7) is 5.90. The van der Waals surface area contributed by atoms with Crippen LogP contribution in [0.15, 0.2) is 16.2 Å². The van der Waals surface area contributed by atoms with E-state index in [-0.39, 0.29) is 0 Å². The maximum atomic E-state index is 5.40. The highest BCUT2D eigenvalue weighted by Crippen LogP contribution is 2.01. The maximum Gasteiger partial charge on any atom is 0.100 e. The number of aliphatic imine (C=N–C) groups is 1. The molecule has 0 rings (SSSR count). The molecule has 0 radical (unpaired) electrons. The third kappa shape index (κ3) is 3.16. The van der Waals surface area contributed by atoms with Gasteiger partial charge in [0.05, 0.1) is 6.20 Å². The van der Waals surface area contributed by atoms with Crippen molar-refractivity contribution in [3.05, 3.63) is 11.2 Å². The summed E-state index contributed by atoms with van der Waals surface area (Å²) in [6.07, 6.45) is 1.49. The molecule has 0 aliphatic carbocycles. The second-order valence-electron chi connectivity index (χ2n) is 1.46. The fraction of sp³-hybridized carbons (Fsp3) is 0.400. The SMILES string of the molecule is C=N/C=C(/S)N(N)CC. The molecule has 0 aromatic carbocycles. The van der Waals surface area contributed by atoms with Crippen molar-refractivity contribution >= 4 is 19.3 Å². The lowest BCUT2D eigenvalue weighted by molar-refractivity contribution is 0.406. The van der Waals surface area contributed by atoms with Crippen LogP contribution in [-0.2, 0) is 0 Å². The quantitative estimate of drug-likeness (QED) is 0.264. The lowest BCUT2D eigenvalue weighted by Crippen LogP contribution is -2.27. The third-order valence-electron chi connectivity index (χ3n) is 0.842. The molecular formula is C5H11N3S. The lowest BCUT2D eigenvalue weighted by atomic mass is 10.7. The number of nitrogens with zero attached hydrogens (tertiary/aromatic N) is 2. The van der Waals surface area contributed by atoms with E-state index in [1.807, 2.05) is 6.92 Å². The highest BCUT2D eigenvalue weighted by molar-refractivity contribution is 7.84. The Balaban J connectivity index is 3.84. The number of rotatable bonds is 3. The van der Waals surface area contributed by atoms with Crippen LogP contribution in [0.4, 0.5) is 0 Å². The molecule has 52 valence electrons. The summed E-state index contributed by atoms with van der Waals surface area (Å²) in [5.74, 6) is 5.40. The molecule has 3 nitrogen and oxygen atoms in total. The van der Waals surface area contributed by atoms with Crippen LogP contribution in [0.25, 0.3) is 0 Å². The van der Waals surface area contributed by atoms with E-state index in [1.54, 1.807) is 0 Å². The molecule has 2 N–H and O–H groups in total. The number of hydrazine groups is 1. The standard InChI is InChI=1S/C5H11N3S/c1-3-8(6)5(9)4-7-2/h4,9H,2-3,6H2,1H3/b5-4+. The van der Waals surface area contributed by atoms with E-state index >= 15 is 0 Å². The molecule has 0 saturated heterocycles. The van der Waals surface area contributed by atoms with E-state index in [2.05, 4.69) is 24.3 Å². The Morgan fingerprint density at radius 2 is 2.56 bits per heavy atom. The van der Waals surface area contributed by atoms with Crippen LogP contribution in [-0.4, -0.2) is 18.3 Å².